The highest BCUT2D eigenvalue weighted by atomic mass is 16.7. The number of nitrogens with one attached hydrogen (secondary N) is 1. The lowest BCUT2D eigenvalue weighted by molar-refractivity contribution is -0.111. The van der Waals surface area contributed by atoms with Crippen molar-refractivity contribution in [1.82, 2.24) is 0 Å². The molecule has 0 saturated heterocycles. The molecule has 5 nitrogen and oxygen atoms in total. The molecule has 1 N–H and O–H groups in total. The third-order valence-corrected chi connectivity index (χ3v) is 3.73. The Hall–Kier alpha value is -2.95. The van der Waals surface area contributed by atoms with Crippen LogP contribution in [0, 0.1) is 0 Å². The van der Waals surface area contributed by atoms with Crippen molar-refractivity contribution in [2.24, 2.45) is 0 Å². The van der Waals surface area contributed by atoms with Gasteiger partial charge in [0.25, 0.3) is 0 Å². The summed E-state index contributed by atoms with van der Waals surface area (Å²) in [4.78, 5) is 12.1. The molecule has 0 fully saturated rings. The van der Waals surface area contributed by atoms with E-state index in [4.69, 9.17) is 14.2 Å². The molecule has 0 bridgehead atoms. The van der Waals surface area contributed by atoms with Gasteiger partial charge >= 0.3 is 0 Å². The molecule has 1 aliphatic heterocycles. The van der Waals surface area contributed by atoms with E-state index < -0.39 is 0 Å². The van der Waals surface area contributed by atoms with Gasteiger partial charge in [-0.05, 0) is 30.7 Å². The molecule has 3 rings (SSSR count). The van der Waals surface area contributed by atoms with E-state index in [0.717, 1.165) is 24.2 Å². The Kier molecular flexibility index (Phi) is 5.57. The largest absolute Gasteiger partial charge is 0.493 e. The highest BCUT2D eigenvalue weighted by Gasteiger charge is 2.13. The topological polar surface area (TPSA) is 56.8 Å². The Morgan fingerprint density at radius 1 is 1.20 bits per heavy atom. The number of rotatable bonds is 7. The Balaban J connectivity index is 1.62. The van der Waals surface area contributed by atoms with Crippen LogP contribution in [0.3, 0.4) is 0 Å². The van der Waals surface area contributed by atoms with Crippen molar-refractivity contribution in [3.05, 3.63) is 54.1 Å². The van der Waals surface area contributed by atoms with Gasteiger partial charge in [0, 0.05) is 23.4 Å². The molecule has 25 heavy (non-hydrogen) atoms. The average Bonchev–Trinajstić information content (AvgIpc) is 3.09. The predicted octanol–water partition coefficient (Wildman–Crippen LogP) is 4.25. The van der Waals surface area contributed by atoms with E-state index in [2.05, 4.69) is 12.2 Å². The third kappa shape index (κ3) is 4.53. The third-order valence-electron chi connectivity index (χ3n) is 3.73. The fourth-order valence-electron chi connectivity index (χ4n) is 2.40. The van der Waals surface area contributed by atoms with Crippen molar-refractivity contribution in [1.29, 1.82) is 0 Å². The number of hydrogen-bond acceptors (Lipinski definition) is 4. The van der Waals surface area contributed by atoms with E-state index in [-0.39, 0.29) is 12.7 Å². The molecule has 0 saturated carbocycles. The second-order valence-corrected chi connectivity index (χ2v) is 5.63. The number of ether oxygens (including phenoxy) is 3. The first-order valence-electron chi connectivity index (χ1n) is 8.37. The normalized spacial score (nSPS) is 12.4. The first-order valence-corrected chi connectivity index (χ1v) is 8.37. The van der Waals surface area contributed by atoms with E-state index in [1.54, 1.807) is 24.3 Å². The molecule has 0 aromatic heterocycles. The molecule has 0 radical (unpaired) electrons. The molecular weight excluding hydrogens is 318 g/mol. The molecular formula is C20H21NO4. The molecule has 2 aromatic carbocycles. The van der Waals surface area contributed by atoms with Gasteiger partial charge in [0.2, 0.25) is 12.7 Å². The number of para-hydroxylation sites is 1. The van der Waals surface area contributed by atoms with Crippen molar-refractivity contribution >= 4 is 17.7 Å². The number of benzene rings is 2. The van der Waals surface area contributed by atoms with Crippen LogP contribution in [0.5, 0.6) is 17.2 Å². The van der Waals surface area contributed by atoms with Crippen LogP contribution in [0.1, 0.15) is 25.3 Å². The molecule has 1 amide bonds. The lowest BCUT2D eigenvalue weighted by Crippen LogP contribution is -2.07. The van der Waals surface area contributed by atoms with Crippen molar-refractivity contribution < 1.29 is 19.0 Å². The number of carbonyl (C=O) groups is 1. The summed E-state index contributed by atoms with van der Waals surface area (Å²) in [6, 6.07) is 13.0. The SMILES string of the molecule is CCCCOc1ccccc1C=CC(=O)Nc1ccc2c(c1)OCO2. The Bertz CT molecular complexity index is 770. The Morgan fingerprint density at radius 3 is 2.92 bits per heavy atom. The number of unbranched alkanes of at least 4 members (excludes halogenated alkanes) is 1. The second kappa shape index (κ2) is 8.24. The summed E-state index contributed by atoms with van der Waals surface area (Å²) in [7, 11) is 0. The van der Waals surface area contributed by atoms with Crippen LogP contribution in [0.15, 0.2) is 48.5 Å². The summed E-state index contributed by atoms with van der Waals surface area (Å²) >= 11 is 0. The molecule has 0 atom stereocenters. The average molecular weight is 339 g/mol. The van der Waals surface area contributed by atoms with Crippen molar-refractivity contribution in [2.45, 2.75) is 19.8 Å². The standard InChI is InChI=1S/C20H21NO4/c1-2-3-12-23-17-7-5-4-6-15(17)8-11-20(22)21-16-9-10-18-19(13-16)25-14-24-18/h4-11,13H,2-3,12,14H2,1H3,(H,21,22). The fraction of sp³-hybridized carbons (Fsp3) is 0.250. The summed E-state index contributed by atoms with van der Waals surface area (Å²) in [6.07, 6.45) is 5.33. The maximum absolute atomic E-state index is 12.1. The number of anilines is 1. The fourth-order valence-corrected chi connectivity index (χ4v) is 2.40. The van der Waals surface area contributed by atoms with E-state index in [1.807, 2.05) is 24.3 Å². The second-order valence-electron chi connectivity index (χ2n) is 5.63. The van der Waals surface area contributed by atoms with Gasteiger partial charge in [0.1, 0.15) is 5.75 Å². The monoisotopic (exact) mass is 339 g/mol. The molecule has 5 heteroatoms. The maximum Gasteiger partial charge on any atom is 0.248 e. The van der Waals surface area contributed by atoms with Crippen LogP contribution in [0.2, 0.25) is 0 Å². The van der Waals surface area contributed by atoms with Gasteiger partial charge < -0.3 is 19.5 Å². The summed E-state index contributed by atoms with van der Waals surface area (Å²) in [5, 5.41) is 2.81. The molecule has 0 aliphatic carbocycles. The summed E-state index contributed by atoms with van der Waals surface area (Å²) in [5.74, 6) is 1.88. The number of carbonyl (C=O) groups excluding carboxylic acids is 1. The minimum Gasteiger partial charge on any atom is -0.493 e. The minimum absolute atomic E-state index is 0.210. The van der Waals surface area contributed by atoms with Crippen LogP contribution in [-0.4, -0.2) is 19.3 Å². The van der Waals surface area contributed by atoms with E-state index in [9.17, 15) is 4.79 Å². The summed E-state index contributed by atoms with van der Waals surface area (Å²) in [5.41, 5.74) is 1.53. The van der Waals surface area contributed by atoms with Gasteiger partial charge in [0.15, 0.2) is 11.5 Å². The smallest absolute Gasteiger partial charge is 0.248 e. The van der Waals surface area contributed by atoms with Gasteiger partial charge in [-0.2, -0.15) is 0 Å². The van der Waals surface area contributed by atoms with Crippen molar-refractivity contribution in [3.8, 4) is 17.2 Å². The lowest BCUT2D eigenvalue weighted by Gasteiger charge is -2.08. The van der Waals surface area contributed by atoms with Crippen LogP contribution < -0.4 is 19.5 Å². The first kappa shape index (κ1) is 16.9. The van der Waals surface area contributed by atoms with Gasteiger partial charge in [-0.25, -0.2) is 0 Å². The predicted molar refractivity (Wildman–Crippen MR) is 97.1 cm³/mol. The zero-order valence-electron chi connectivity index (χ0n) is 14.2. The number of fused-ring (bicyclic) bond motifs is 1. The quantitative estimate of drug-likeness (QED) is 0.605. The maximum atomic E-state index is 12.1. The zero-order valence-corrected chi connectivity index (χ0v) is 14.2. The molecule has 0 spiro atoms. The molecule has 0 unspecified atom stereocenters. The highest BCUT2D eigenvalue weighted by molar-refractivity contribution is 6.02. The minimum atomic E-state index is -0.220. The van der Waals surface area contributed by atoms with Crippen molar-refractivity contribution in [3.63, 3.8) is 0 Å². The number of hydrogen-bond donors (Lipinski definition) is 1. The summed E-state index contributed by atoms with van der Waals surface area (Å²) in [6.45, 7) is 3.00. The van der Waals surface area contributed by atoms with Crippen LogP contribution in [0.25, 0.3) is 6.08 Å². The molecule has 130 valence electrons. The first-order chi connectivity index (χ1) is 12.3. The van der Waals surface area contributed by atoms with Gasteiger partial charge in [0.05, 0.1) is 6.61 Å². The van der Waals surface area contributed by atoms with Gasteiger partial charge in [-0.15, -0.1) is 0 Å². The van der Waals surface area contributed by atoms with Crippen molar-refractivity contribution in [2.75, 3.05) is 18.7 Å². The van der Waals surface area contributed by atoms with E-state index >= 15 is 0 Å². The Morgan fingerprint density at radius 2 is 2.04 bits per heavy atom. The highest BCUT2D eigenvalue weighted by Crippen LogP contribution is 2.34. The number of amides is 1. The molecule has 1 heterocycles. The Labute approximate surface area is 147 Å². The lowest BCUT2D eigenvalue weighted by atomic mass is 10.2. The summed E-state index contributed by atoms with van der Waals surface area (Å²) < 4.78 is 16.3. The van der Waals surface area contributed by atoms with Crippen LogP contribution in [0.4, 0.5) is 5.69 Å². The van der Waals surface area contributed by atoms with E-state index in [1.165, 1.54) is 6.08 Å². The van der Waals surface area contributed by atoms with Crippen LogP contribution in [-0.2, 0) is 4.79 Å². The molecule has 1 aliphatic rings. The van der Waals surface area contributed by atoms with Crippen LogP contribution >= 0.6 is 0 Å². The van der Waals surface area contributed by atoms with E-state index in [0.29, 0.717) is 23.8 Å². The van der Waals surface area contributed by atoms with Gasteiger partial charge in [-0.3, -0.25) is 4.79 Å². The zero-order chi connectivity index (χ0) is 17.5. The van der Waals surface area contributed by atoms with Gasteiger partial charge in [-0.1, -0.05) is 31.5 Å². The molecule has 2 aromatic rings.